The van der Waals surface area contributed by atoms with E-state index in [0.29, 0.717) is 5.02 Å². The summed E-state index contributed by atoms with van der Waals surface area (Å²) < 4.78 is 5.81. The van der Waals surface area contributed by atoms with Crippen molar-refractivity contribution in [2.75, 3.05) is 57.1 Å². The maximum Gasteiger partial charge on any atom is 0.276 e. The van der Waals surface area contributed by atoms with Gasteiger partial charge in [0.05, 0.1) is 0 Å². The lowest BCUT2D eigenvalue weighted by Gasteiger charge is -2.27. The van der Waals surface area contributed by atoms with E-state index in [2.05, 4.69) is 32.3 Å². The average molecular weight is 495 g/mol. The Morgan fingerprint density at radius 3 is 2.43 bits per heavy atom. The summed E-state index contributed by atoms with van der Waals surface area (Å²) in [7, 11) is 5.60. The Balaban J connectivity index is 1.40. The number of carbonyl (C=O) groups excluding carboxylic acids is 1. The zero-order valence-corrected chi connectivity index (χ0v) is 21.1. The molecule has 1 aliphatic heterocycles. The molecule has 35 heavy (non-hydrogen) atoms. The molecule has 1 N–H and O–H groups in total. The van der Waals surface area contributed by atoms with Crippen LogP contribution in [0.1, 0.15) is 21.6 Å². The number of benzene rings is 1. The van der Waals surface area contributed by atoms with Crippen molar-refractivity contribution in [2.45, 2.75) is 13.2 Å². The first kappa shape index (κ1) is 24.9. The zero-order valence-electron chi connectivity index (χ0n) is 20.4. The largest absolute Gasteiger partial charge is 0.473 e. The van der Waals surface area contributed by atoms with Gasteiger partial charge < -0.3 is 19.9 Å². The molecular formula is C26H31ClN6O2. The number of rotatable bonds is 8. The summed E-state index contributed by atoms with van der Waals surface area (Å²) in [4.78, 5) is 27.8. The highest BCUT2D eigenvalue weighted by Crippen LogP contribution is 2.22. The number of ether oxygens (including phenoxy) is 1. The van der Waals surface area contributed by atoms with Gasteiger partial charge in [-0.25, -0.2) is 9.97 Å². The van der Waals surface area contributed by atoms with Crippen LogP contribution < -0.4 is 19.9 Å². The fraction of sp³-hybridized carbons (Fsp3) is 0.346. The van der Waals surface area contributed by atoms with Gasteiger partial charge in [-0.2, -0.15) is 0 Å². The van der Waals surface area contributed by atoms with Gasteiger partial charge >= 0.3 is 0 Å². The average Bonchev–Trinajstić information content (AvgIpc) is 2.87. The summed E-state index contributed by atoms with van der Waals surface area (Å²) in [5.41, 5.74) is 3.13. The number of aromatic nitrogens is 2. The van der Waals surface area contributed by atoms with E-state index in [1.54, 1.807) is 30.3 Å². The minimum atomic E-state index is -0.260. The fourth-order valence-corrected chi connectivity index (χ4v) is 4.02. The predicted molar refractivity (Wildman–Crippen MR) is 139 cm³/mol. The number of hydrogen-bond acceptors (Lipinski definition) is 7. The molecule has 0 spiro atoms. The maximum absolute atomic E-state index is 13.1. The molecule has 1 aliphatic rings. The molecule has 8 nitrogen and oxygen atoms in total. The highest BCUT2D eigenvalue weighted by Gasteiger charge is 2.18. The zero-order chi connectivity index (χ0) is 24.8. The van der Waals surface area contributed by atoms with E-state index in [1.807, 2.05) is 43.3 Å². The lowest BCUT2D eigenvalue weighted by molar-refractivity contribution is 0.0987. The molecule has 1 amide bonds. The van der Waals surface area contributed by atoms with E-state index >= 15 is 0 Å². The molecular weight excluding hydrogens is 464 g/mol. The Bertz CT molecular complexity index is 1130. The smallest absolute Gasteiger partial charge is 0.276 e. The van der Waals surface area contributed by atoms with Crippen molar-refractivity contribution in [1.29, 1.82) is 0 Å². The van der Waals surface area contributed by atoms with Gasteiger partial charge in [-0.3, -0.25) is 9.69 Å². The minimum Gasteiger partial charge on any atom is -0.473 e. The van der Waals surface area contributed by atoms with Crippen LogP contribution in [0.4, 0.5) is 11.5 Å². The SMILES string of the molecule is CN(C)c1ccc(COc2cc(Cl)cc(C(=O)N(C)c3ccc(CN4CCNCC4)cc3)n2)cn1. The van der Waals surface area contributed by atoms with Gasteiger partial charge in [0, 0.05) is 82.4 Å². The van der Waals surface area contributed by atoms with E-state index in [4.69, 9.17) is 16.3 Å². The van der Waals surface area contributed by atoms with Gasteiger partial charge in [0.1, 0.15) is 18.1 Å². The normalized spacial score (nSPS) is 13.9. The summed E-state index contributed by atoms with van der Waals surface area (Å²) in [5.74, 6) is 0.892. The molecule has 9 heteroatoms. The van der Waals surface area contributed by atoms with E-state index < -0.39 is 0 Å². The number of carbonyl (C=O) groups is 1. The van der Waals surface area contributed by atoms with Crippen molar-refractivity contribution in [3.05, 3.63) is 76.6 Å². The fourth-order valence-electron chi connectivity index (χ4n) is 3.82. The van der Waals surface area contributed by atoms with Crippen molar-refractivity contribution in [2.24, 2.45) is 0 Å². The Morgan fingerprint density at radius 1 is 1.06 bits per heavy atom. The van der Waals surface area contributed by atoms with Crippen molar-refractivity contribution < 1.29 is 9.53 Å². The van der Waals surface area contributed by atoms with Gasteiger partial charge in [-0.1, -0.05) is 29.8 Å². The Kier molecular flexibility index (Phi) is 8.17. The highest BCUT2D eigenvalue weighted by molar-refractivity contribution is 6.31. The predicted octanol–water partition coefficient (Wildman–Crippen LogP) is 3.46. The van der Waals surface area contributed by atoms with Crippen molar-refractivity contribution in [3.8, 4) is 5.88 Å². The van der Waals surface area contributed by atoms with Crippen LogP contribution in [0.2, 0.25) is 5.02 Å². The van der Waals surface area contributed by atoms with Crippen LogP contribution in [-0.2, 0) is 13.2 Å². The Labute approximate surface area is 211 Å². The third kappa shape index (κ3) is 6.69. The van der Waals surface area contributed by atoms with Crippen molar-refractivity contribution in [1.82, 2.24) is 20.2 Å². The van der Waals surface area contributed by atoms with Crippen LogP contribution in [0.3, 0.4) is 0 Å². The van der Waals surface area contributed by atoms with Gasteiger partial charge in [0.15, 0.2) is 0 Å². The standard InChI is InChI=1S/C26H31ClN6O2/c1-31(2)24-9-6-20(16-29-24)18-35-25-15-21(27)14-23(30-25)26(34)32(3)22-7-4-19(5-8-22)17-33-12-10-28-11-13-33/h4-9,14-16,28H,10-13,17-18H2,1-3H3. The first-order valence-corrected chi connectivity index (χ1v) is 12.0. The third-order valence-corrected chi connectivity index (χ3v) is 6.10. The number of nitrogens with one attached hydrogen (secondary N) is 1. The first-order valence-electron chi connectivity index (χ1n) is 11.6. The van der Waals surface area contributed by atoms with Crippen molar-refractivity contribution in [3.63, 3.8) is 0 Å². The van der Waals surface area contributed by atoms with Gasteiger partial charge in [-0.15, -0.1) is 0 Å². The minimum absolute atomic E-state index is 0.223. The van der Waals surface area contributed by atoms with Gasteiger partial charge in [0.2, 0.25) is 5.88 Å². The molecule has 0 atom stereocenters. The molecule has 1 aromatic carbocycles. The lowest BCUT2D eigenvalue weighted by atomic mass is 10.1. The van der Waals surface area contributed by atoms with E-state index in [1.165, 1.54) is 5.56 Å². The number of nitrogens with zero attached hydrogens (tertiary/aromatic N) is 5. The summed E-state index contributed by atoms with van der Waals surface area (Å²) in [6, 6.07) is 15.1. The summed E-state index contributed by atoms with van der Waals surface area (Å²) in [6.07, 6.45) is 1.76. The van der Waals surface area contributed by atoms with E-state index in [0.717, 1.165) is 49.8 Å². The number of anilines is 2. The Morgan fingerprint density at radius 2 is 1.77 bits per heavy atom. The summed E-state index contributed by atoms with van der Waals surface area (Å²) in [5, 5.41) is 3.76. The van der Waals surface area contributed by atoms with Crippen LogP contribution in [0, 0.1) is 0 Å². The lowest BCUT2D eigenvalue weighted by Crippen LogP contribution is -2.42. The van der Waals surface area contributed by atoms with Crippen LogP contribution in [0.15, 0.2) is 54.7 Å². The number of pyridine rings is 2. The molecule has 3 aromatic rings. The number of piperazine rings is 1. The second-order valence-electron chi connectivity index (χ2n) is 8.77. The van der Waals surface area contributed by atoms with Crippen molar-refractivity contribution >= 4 is 29.0 Å². The monoisotopic (exact) mass is 494 g/mol. The number of amides is 1. The summed E-state index contributed by atoms with van der Waals surface area (Å²) >= 11 is 6.28. The topological polar surface area (TPSA) is 73.8 Å². The van der Waals surface area contributed by atoms with E-state index in [9.17, 15) is 4.79 Å². The van der Waals surface area contributed by atoms with Crippen LogP contribution in [0.5, 0.6) is 5.88 Å². The molecule has 1 fully saturated rings. The van der Waals surface area contributed by atoms with Gasteiger partial charge in [-0.05, 0) is 29.8 Å². The molecule has 0 bridgehead atoms. The molecule has 184 valence electrons. The van der Waals surface area contributed by atoms with Crippen LogP contribution in [-0.4, -0.2) is 68.1 Å². The quantitative estimate of drug-likeness (QED) is 0.514. The molecule has 4 rings (SSSR count). The van der Waals surface area contributed by atoms with Crippen LogP contribution in [0.25, 0.3) is 0 Å². The molecule has 0 aliphatic carbocycles. The first-order chi connectivity index (χ1) is 16.9. The molecule has 2 aromatic heterocycles. The van der Waals surface area contributed by atoms with Crippen LogP contribution >= 0.6 is 11.6 Å². The highest BCUT2D eigenvalue weighted by atomic mass is 35.5. The molecule has 0 radical (unpaired) electrons. The number of halogens is 1. The van der Waals surface area contributed by atoms with E-state index in [-0.39, 0.29) is 24.1 Å². The molecule has 3 heterocycles. The third-order valence-electron chi connectivity index (χ3n) is 5.88. The molecule has 0 unspecified atom stereocenters. The second kappa shape index (κ2) is 11.5. The van der Waals surface area contributed by atoms with Gasteiger partial charge in [0.25, 0.3) is 5.91 Å². The Hall–Kier alpha value is -3.20. The number of hydrogen-bond donors (Lipinski definition) is 1. The summed E-state index contributed by atoms with van der Waals surface area (Å²) in [6.45, 7) is 5.31. The molecule has 1 saturated heterocycles. The second-order valence-corrected chi connectivity index (χ2v) is 9.21. The molecule has 0 saturated carbocycles. The maximum atomic E-state index is 13.1.